The standard InChI is InChI=1S/C16H25NO2/c1-4-6-8-13-10-15(17-12(3)18)11-14(16(13)19)9-7-5-2/h10-11,19H,4-9H2,1-3H3,(H,17,18). The molecule has 0 saturated carbocycles. The molecule has 0 atom stereocenters. The van der Waals surface area contributed by atoms with Crippen LogP contribution < -0.4 is 5.32 Å². The monoisotopic (exact) mass is 263 g/mol. The van der Waals surface area contributed by atoms with Crippen LogP contribution in [0.25, 0.3) is 0 Å². The lowest BCUT2D eigenvalue weighted by molar-refractivity contribution is -0.114. The third kappa shape index (κ3) is 4.93. The summed E-state index contributed by atoms with van der Waals surface area (Å²) < 4.78 is 0. The first-order valence-electron chi connectivity index (χ1n) is 7.20. The van der Waals surface area contributed by atoms with Gasteiger partial charge >= 0.3 is 0 Å². The highest BCUT2D eigenvalue weighted by Gasteiger charge is 2.10. The van der Waals surface area contributed by atoms with Gasteiger partial charge in [0.1, 0.15) is 5.75 Å². The van der Waals surface area contributed by atoms with E-state index in [9.17, 15) is 9.90 Å². The van der Waals surface area contributed by atoms with E-state index in [2.05, 4.69) is 19.2 Å². The largest absolute Gasteiger partial charge is 0.507 e. The summed E-state index contributed by atoms with van der Waals surface area (Å²) in [5.74, 6) is 0.338. The number of nitrogens with one attached hydrogen (secondary N) is 1. The normalized spacial score (nSPS) is 10.5. The minimum atomic E-state index is -0.0754. The molecule has 0 spiro atoms. The maximum absolute atomic E-state index is 11.2. The fraction of sp³-hybridized carbons (Fsp3) is 0.562. The van der Waals surface area contributed by atoms with Crippen LogP contribution in [0.15, 0.2) is 12.1 Å². The van der Waals surface area contributed by atoms with Gasteiger partial charge in [0.05, 0.1) is 0 Å². The van der Waals surface area contributed by atoms with Crippen LogP contribution in [0.1, 0.15) is 57.6 Å². The van der Waals surface area contributed by atoms with E-state index in [1.807, 2.05) is 12.1 Å². The van der Waals surface area contributed by atoms with Gasteiger partial charge in [-0.2, -0.15) is 0 Å². The molecule has 1 aromatic rings. The number of carbonyl (C=O) groups excluding carboxylic acids is 1. The van der Waals surface area contributed by atoms with Gasteiger partial charge in [-0.1, -0.05) is 26.7 Å². The first kappa shape index (κ1) is 15.5. The molecule has 3 heteroatoms. The Hall–Kier alpha value is -1.51. The van der Waals surface area contributed by atoms with Crippen molar-refractivity contribution in [1.82, 2.24) is 0 Å². The average molecular weight is 263 g/mol. The second-order valence-corrected chi connectivity index (χ2v) is 5.03. The summed E-state index contributed by atoms with van der Waals surface area (Å²) in [6.07, 6.45) is 5.99. The fourth-order valence-corrected chi connectivity index (χ4v) is 2.15. The van der Waals surface area contributed by atoms with Crippen LogP contribution in [0.4, 0.5) is 5.69 Å². The zero-order valence-electron chi connectivity index (χ0n) is 12.3. The molecule has 0 aliphatic heterocycles. The van der Waals surface area contributed by atoms with E-state index < -0.39 is 0 Å². The molecule has 19 heavy (non-hydrogen) atoms. The Kier molecular flexibility index (Phi) is 6.40. The third-order valence-corrected chi connectivity index (χ3v) is 3.19. The van der Waals surface area contributed by atoms with Crippen molar-refractivity contribution in [3.63, 3.8) is 0 Å². The lowest BCUT2D eigenvalue weighted by atomic mass is 9.99. The van der Waals surface area contributed by atoms with Crippen LogP contribution in [-0.2, 0) is 17.6 Å². The lowest BCUT2D eigenvalue weighted by Gasteiger charge is -2.13. The first-order chi connectivity index (χ1) is 9.08. The third-order valence-electron chi connectivity index (χ3n) is 3.19. The highest BCUT2D eigenvalue weighted by Crippen LogP contribution is 2.30. The van der Waals surface area contributed by atoms with Gasteiger partial charge in [-0.05, 0) is 48.9 Å². The Morgan fingerprint density at radius 1 is 1.11 bits per heavy atom. The second kappa shape index (κ2) is 7.82. The minimum absolute atomic E-state index is 0.0754. The van der Waals surface area contributed by atoms with Gasteiger partial charge in [0.25, 0.3) is 0 Å². The molecule has 0 heterocycles. The van der Waals surface area contributed by atoms with E-state index in [1.165, 1.54) is 6.92 Å². The molecule has 0 radical (unpaired) electrons. The smallest absolute Gasteiger partial charge is 0.221 e. The number of rotatable bonds is 7. The SMILES string of the molecule is CCCCc1cc(NC(C)=O)cc(CCCC)c1O. The molecule has 3 nitrogen and oxygen atoms in total. The number of aromatic hydroxyl groups is 1. The summed E-state index contributed by atoms with van der Waals surface area (Å²) in [6, 6.07) is 3.78. The van der Waals surface area contributed by atoms with Crippen LogP contribution in [0.3, 0.4) is 0 Å². The summed E-state index contributed by atoms with van der Waals surface area (Å²) in [7, 11) is 0. The summed E-state index contributed by atoms with van der Waals surface area (Å²) in [5.41, 5.74) is 2.68. The topological polar surface area (TPSA) is 49.3 Å². The number of aryl methyl sites for hydroxylation is 2. The molecule has 2 N–H and O–H groups in total. The zero-order chi connectivity index (χ0) is 14.3. The van der Waals surface area contributed by atoms with Gasteiger partial charge < -0.3 is 10.4 Å². The number of anilines is 1. The fourth-order valence-electron chi connectivity index (χ4n) is 2.15. The molecule has 0 aromatic heterocycles. The molecular formula is C16H25NO2. The van der Waals surface area contributed by atoms with Crippen LogP contribution in [0, 0.1) is 0 Å². The highest BCUT2D eigenvalue weighted by molar-refractivity contribution is 5.89. The van der Waals surface area contributed by atoms with Gasteiger partial charge in [0.15, 0.2) is 0 Å². The molecule has 0 aliphatic rings. The first-order valence-corrected chi connectivity index (χ1v) is 7.20. The predicted molar refractivity (Wildman–Crippen MR) is 79.6 cm³/mol. The van der Waals surface area contributed by atoms with Crippen LogP contribution in [0.5, 0.6) is 5.75 Å². The number of benzene rings is 1. The number of carbonyl (C=O) groups is 1. The summed E-state index contributed by atoms with van der Waals surface area (Å²) in [5, 5.41) is 13.1. The average Bonchev–Trinajstić information content (AvgIpc) is 2.36. The molecule has 0 saturated heterocycles. The summed E-state index contributed by atoms with van der Waals surface area (Å²) >= 11 is 0. The number of phenols is 1. The van der Waals surface area contributed by atoms with Gasteiger partial charge in [0, 0.05) is 12.6 Å². The molecule has 106 valence electrons. The Bertz CT molecular complexity index is 398. The Balaban J connectivity index is 3.02. The van der Waals surface area contributed by atoms with E-state index in [0.717, 1.165) is 55.3 Å². The maximum atomic E-state index is 11.2. The number of amides is 1. The maximum Gasteiger partial charge on any atom is 0.221 e. The van der Waals surface area contributed by atoms with E-state index in [1.54, 1.807) is 0 Å². The van der Waals surface area contributed by atoms with Crippen molar-refractivity contribution in [1.29, 1.82) is 0 Å². The van der Waals surface area contributed by atoms with Crippen molar-refractivity contribution in [2.24, 2.45) is 0 Å². The molecule has 1 rings (SSSR count). The van der Waals surface area contributed by atoms with Crippen molar-refractivity contribution in [2.45, 2.75) is 59.3 Å². The van der Waals surface area contributed by atoms with Gasteiger partial charge in [-0.25, -0.2) is 0 Å². The second-order valence-electron chi connectivity index (χ2n) is 5.03. The molecule has 0 unspecified atom stereocenters. The molecule has 1 aromatic carbocycles. The number of unbranched alkanes of at least 4 members (excludes halogenated alkanes) is 2. The number of hydrogen-bond donors (Lipinski definition) is 2. The van der Waals surface area contributed by atoms with Gasteiger partial charge in [-0.3, -0.25) is 4.79 Å². The van der Waals surface area contributed by atoms with Gasteiger partial charge in [0.2, 0.25) is 5.91 Å². The molecule has 1 amide bonds. The highest BCUT2D eigenvalue weighted by atomic mass is 16.3. The molecule has 0 fully saturated rings. The van der Waals surface area contributed by atoms with Gasteiger partial charge in [-0.15, -0.1) is 0 Å². The van der Waals surface area contributed by atoms with E-state index in [4.69, 9.17) is 0 Å². The molecule has 0 bridgehead atoms. The van der Waals surface area contributed by atoms with Crippen molar-refractivity contribution < 1.29 is 9.90 Å². The van der Waals surface area contributed by atoms with Crippen LogP contribution >= 0.6 is 0 Å². The summed E-state index contributed by atoms with van der Waals surface area (Å²) in [4.78, 5) is 11.2. The van der Waals surface area contributed by atoms with Crippen LogP contribution in [0.2, 0.25) is 0 Å². The van der Waals surface area contributed by atoms with E-state index >= 15 is 0 Å². The quantitative estimate of drug-likeness (QED) is 0.729. The number of phenolic OH excluding ortho intramolecular Hbond substituents is 1. The Morgan fingerprint density at radius 2 is 1.58 bits per heavy atom. The van der Waals surface area contributed by atoms with Crippen molar-refractivity contribution in [2.75, 3.05) is 5.32 Å². The molecule has 0 aliphatic carbocycles. The van der Waals surface area contributed by atoms with E-state index in [0.29, 0.717) is 5.75 Å². The van der Waals surface area contributed by atoms with Crippen molar-refractivity contribution in [3.05, 3.63) is 23.3 Å². The Labute approximate surface area is 116 Å². The molecular weight excluding hydrogens is 238 g/mol. The van der Waals surface area contributed by atoms with Crippen molar-refractivity contribution in [3.8, 4) is 5.75 Å². The van der Waals surface area contributed by atoms with Crippen LogP contribution in [-0.4, -0.2) is 11.0 Å². The Morgan fingerprint density at radius 3 is 1.95 bits per heavy atom. The minimum Gasteiger partial charge on any atom is -0.507 e. The van der Waals surface area contributed by atoms with E-state index in [-0.39, 0.29) is 5.91 Å². The number of hydrogen-bond acceptors (Lipinski definition) is 2. The summed E-state index contributed by atoms with van der Waals surface area (Å²) in [6.45, 7) is 5.77. The zero-order valence-corrected chi connectivity index (χ0v) is 12.3. The predicted octanol–water partition coefficient (Wildman–Crippen LogP) is 4.04. The lowest BCUT2D eigenvalue weighted by Crippen LogP contribution is -2.07. The van der Waals surface area contributed by atoms with Crippen molar-refractivity contribution >= 4 is 11.6 Å².